The Kier molecular flexibility index (Phi) is 6.38. The summed E-state index contributed by atoms with van der Waals surface area (Å²) in [5.41, 5.74) is 4.41. The van der Waals surface area contributed by atoms with Gasteiger partial charge in [0.05, 0.1) is 15.7 Å². The third kappa shape index (κ3) is 4.45. The highest BCUT2D eigenvalue weighted by atomic mass is 79.9. The van der Waals surface area contributed by atoms with Crippen LogP contribution in [0.5, 0.6) is 0 Å². The Labute approximate surface area is 215 Å². The van der Waals surface area contributed by atoms with Crippen molar-refractivity contribution in [2.24, 2.45) is 0 Å². The van der Waals surface area contributed by atoms with Crippen molar-refractivity contribution in [1.29, 1.82) is 0 Å². The van der Waals surface area contributed by atoms with Crippen LogP contribution in [-0.4, -0.2) is 10.8 Å². The molecular weight excluding hydrogens is 531 g/mol. The number of hydrogen-bond acceptors (Lipinski definition) is 3. The van der Waals surface area contributed by atoms with Gasteiger partial charge in [-0.2, -0.15) is 0 Å². The van der Waals surface area contributed by atoms with Gasteiger partial charge in [-0.05, 0) is 57.9 Å². The fraction of sp³-hybridized carbons (Fsp3) is 0. The molecule has 0 bridgehead atoms. The minimum absolute atomic E-state index is 0.127. The Morgan fingerprint density at radius 2 is 1.44 bits per heavy atom. The molecule has 0 aliphatic carbocycles. The monoisotopic (exact) mass is 546 g/mol. The molecule has 166 valence electrons. The van der Waals surface area contributed by atoms with Crippen LogP contribution in [0.1, 0.15) is 15.9 Å². The van der Waals surface area contributed by atoms with Gasteiger partial charge in [-0.1, -0.05) is 83.9 Å². The maximum atomic E-state index is 13.3. The molecule has 3 nitrogen and oxygen atoms in total. The van der Waals surface area contributed by atoms with E-state index in [-0.39, 0.29) is 5.78 Å². The second kappa shape index (κ2) is 9.59. The van der Waals surface area contributed by atoms with Gasteiger partial charge in [-0.25, -0.2) is 4.98 Å². The summed E-state index contributed by atoms with van der Waals surface area (Å²) in [6, 6.07) is 30.0. The number of halogens is 3. The molecule has 0 saturated heterocycles. The quantitative estimate of drug-likeness (QED) is 0.223. The third-order valence-corrected chi connectivity index (χ3v) is 6.71. The molecule has 5 aromatic rings. The van der Waals surface area contributed by atoms with Crippen LogP contribution in [0.15, 0.2) is 102 Å². The molecular formula is C28H17BrCl2N2O. The van der Waals surface area contributed by atoms with Crippen molar-refractivity contribution >= 4 is 67.3 Å². The molecule has 0 aliphatic heterocycles. The first-order valence-electron chi connectivity index (χ1n) is 10.5. The highest BCUT2D eigenvalue weighted by Crippen LogP contribution is 2.41. The molecule has 0 spiro atoms. The van der Waals surface area contributed by atoms with Crippen LogP contribution < -0.4 is 5.32 Å². The lowest BCUT2D eigenvalue weighted by molar-refractivity contribution is 0.103. The number of fused-ring (bicyclic) bond motifs is 1. The topological polar surface area (TPSA) is 42.0 Å². The summed E-state index contributed by atoms with van der Waals surface area (Å²) in [6.07, 6.45) is 0. The summed E-state index contributed by atoms with van der Waals surface area (Å²) in [4.78, 5) is 18.1. The van der Waals surface area contributed by atoms with E-state index in [0.29, 0.717) is 32.7 Å². The van der Waals surface area contributed by atoms with E-state index in [1.807, 2.05) is 66.7 Å². The van der Waals surface area contributed by atoms with Crippen molar-refractivity contribution < 1.29 is 4.79 Å². The average Bonchev–Trinajstić information content (AvgIpc) is 2.86. The second-order valence-corrected chi connectivity index (χ2v) is 9.35. The Bertz CT molecular complexity index is 1520. The molecule has 1 aromatic heterocycles. The van der Waals surface area contributed by atoms with Crippen LogP contribution in [0.2, 0.25) is 10.0 Å². The van der Waals surface area contributed by atoms with Gasteiger partial charge in [0.1, 0.15) is 5.82 Å². The Morgan fingerprint density at radius 1 is 0.794 bits per heavy atom. The predicted molar refractivity (Wildman–Crippen MR) is 144 cm³/mol. The van der Waals surface area contributed by atoms with Crippen molar-refractivity contribution in [2.75, 3.05) is 5.32 Å². The molecule has 0 radical (unpaired) electrons. The SMILES string of the molecule is O=C(c1ccccc1)c1cc(Cl)ccc1Nc1nc2ccc(Cl)cc2c(-c2ccccc2)c1Br. The molecule has 1 heterocycles. The molecule has 0 fully saturated rings. The van der Waals surface area contributed by atoms with Crippen molar-refractivity contribution in [2.45, 2.75) is 0 Å². The van der Waals surface area contributed by atoms with Crippen molar-refractivity contribution in [3.8, 4) is 11.1 Å². The van der Waals surface area contributed by atoms with Gasteiger partial charge in [-0.3, -0.25) is 4.79 Å². The normalized spacial score (nSPS) is 10.9. The van der Waals surface area contributed by atoms with E-state index >= 15 is 0 Å². The standard InChI is InChI=1S/C28H17BrCl2N2O/c29-26-25(17-7-3-1-4-8-17)21-15-19(30)11-13-23(21)32-28(26)33-24-14-12-20(31)16-22(24)27(34)18-9-5-2-6-10-18/h1-16H,(H,32,33). The van der Waals surface area contributed by atoms with E-state index in [1.165, 1.54) is 0 Å². The van der Waals surface area contributed by atoms with Gasteiger partial charge >= 0.3 is 0 Å². The molecule has 5 rings (SSSR count). The van der Waals surface area contributed by atoms with Gasteiger partial charge in [-0.15, -0.1) is 0 Å². The fourth-order valence-electron chi connectivity index (χ4n) is 3.87. The Balaban J connectivity index is 1.67. The number of nitrogens with one attached hydrogen (secondary N) is 1. The van der Waals surface area contributed by atoms with Gasteiger partial charge in [0.25, 0.3) is 0 Å². The van der Waals surface area contributed by atoms with Crippen LogP contribution in [0.25, 0.3) is 22.0 Å². The summed E-state index contributed by atoms with van der Waals surface area (Å²) >= 11 is 16.3. The first-order valence-corrected chi connectivity index (χ1v) is 12.1. The van der Waals surface area contributed by atoms with Crippen LogP contribution in [0, 0.1) is 0 Å². The van der Waals surface area contributed by atoms with Crippen molar-refractivity contribution in [3.05, 3.63) is 123 Å². The molecule has 0 unspecified atom stereocenters. The predicted octanol–water partition coefficient (Wildman–Crippen LogP) is 8.95. The van der Waals surface area contributed by atoms with Crippen LogP contribution >= 0.6 is 39.1 Å². The number of nitrogens with zero attached hydrogens (tertiary/aromatic N) is 1. The smallest absolute Gasteiger partial charge is 0.195 e. The van der Waals surface area contributed by atoms with Crippen LogP contribution in [-0.2, 0) is 0 Å². The van der Waals surface area contributed by atoms with E-state index in [0.717, 1.165) is 26.5 Å². The van der Waals surface area contributed by atoms with Gasteiger partial charge in [0, 0.05) is 32.1 Å². The highest BCUT2D eigenvalue weighted by molar-refractivity contribution is 9.10. The largest absolute Gasteiger partial charge is 0.339 e. The van der Waals surface area contributed by atoms with E-state index in [1.54, 1.807) is 30.3 Å². The number of pyridine rings is 1. The average molecular weight is 548 g/mol. The summed E-state index contributed by atoms with van der Waals surface area (Å²) < 4.78 is 0.765. The first kappa shape index (κ1) is 22.6. The molecule has 0 atom stereocenters. The molecule has 4 aromatic carbocycles. The zero-order valence-electron chi connectivity index (χ0n) is 17.7. The van der Waals surface area contributed by atoms with Crippen molar-refractivity contribution in [1.82, 2.24) is 4.98 Å². The maximum Gasteiger partial charge on any atom is 0.195 e. The lowest BCUT2D eigenvalue weighted by Crippen LogP contribution is -2.07. The molecule has 0 aliphatic rings. The van der Waals surface area contributed by atoms with E-state index in [2.05, 4.69) is 21.2 Å². The van der Waals surface area contributed by atoms with Crippen LogP contribution in [0.4, 0.5) is 11.5 Å². The first-order chi connectivity index (χ1) is 16.5. The zero-order valence-corrected chi connectivity index (χ0v) is 20.8. The molecule has 0 saturated carbocycles. The zero-order chi connectivity index (χ0) is 23.7. The van der Waals surface area contributed by atoms with Gasteiger partial charge in [0.2, 0.25) is 0 Å². The Morgan fingerprint density at radius 3 is 2.18 bits per heavy atom. The second-order valence-electron chi connectivity index (χ2n) is 7.69. The summed E-state index contributed by atoms with van der Waals surface area (Å²) in [5.74, 6) is 0.454. The lowest BCUT2D eigenvalue weighted by atomic mass is 10.00. The Hall–Kier alpha value is -3.18. The lowest BCUT2D eigenvalue weighted by Gasteiger charge is -2.17. The van der Waals surface area contributed by atoms with E-state index in [4.69, 9.17) is 28.2 Å². The molecule has 6 heteroatoms. The third-order valence-electron chi connectivity index (χ3n) is 5.47. The molecule has 0 amide bonds. The summed E-state index contributed by atoms with van der Waals surface area (Å²) in [7, 11) is 0. The minimum Gasteiger partial charge on any atom is -0.339 e. The minimum atomic E-state index is -0.127. The number of carbonyl (C=O) groups is 1. The number of ketones is 1. The number of hydrogen-bond donors (Lipinski definition) is 1. The summed E-state index contributed by atoms with van der Waals surface area (Å²) in [5, 5.41) is 5.40. The maximum absolute atomic E-state index is 13.3. The van der Waals surface area contributed by atoms with Crippen molar-refractivity contribution in [3.63, 3.8) is 0 Å². The van der Waals surface area contributed by atoms with E-state index < -0.39 is 0 Å². The number of aromatic nitrogens is 1. The molecule has 34 heavy (non-hydrogen) atoms. The van der Waals surface area contributed by atoms with E-state index in [9.17, 15) is 4.79 Å². The number of rotatable bonds is 5. The number of anilines is 2. The molecule has 1 N–H and O–H groups in total. The fourth-order valence-corrected chi connectivity index (χ4v) is 4.84. The number of carbonyl (C=O) groups excluding carboxylic acids is 1. The highest BCUT2D eigenvalue weighted by Gasteiger charge is 2.19. The number of benzene rings is 4. The van der Waals surface area contributed by atoms with Gasteiger partial charge in [0.15, 0.2) is 5.78 Å². The van der Waals surface area contributed by atoms with Gasteiger partial charge < -0.3 is 5.32 Å². The summed E-state index contributed by atoms with van der Waals surface area (Å²) in [6.45, 7) is 0. The van der Waals surface area contributed by atoms with Crippen LogP contribution in [0.3, 0.4) is 0 Å².